The summed E-state index contributed by atoms with van der Waals surface area (Å²) in [6.45, 7) is 0.509. The van der Waals surface area contributed by atoms with Crippen molar-refractivity contribution in [1.29, 1.82) is 0 Å². The molecule has 1 aromatic carbocycles. The fraction of sp³-hybridized carbons (Fsp3) is 0.222. The van der Waals surface area contributed by atoms with Gasteiger partial charge in [0.05, 0.1) is 12.1 Å². The molecule has 1 unspecified atom stereocenters. The largest absolute Gasteiger partial charge is 0.473 e. The third-order valence-corrected chi connectivity index (χ3v) is 6.19. The maximum absolute atomic E-state index is 13.2. The average Bonchev–Trinajstić information content (AvgIpc) is 3.10. The Kier molecular flexibility index (Phi) is 4.29. The van der Waals surface area contributed by atoms with E-state index in [2.05, 4.69) is 9.97 Å². The van der Waals surface area contributed by atoms with Crippen molar-refractivity contribution in [2.45, 2.75) is 17.4 Å². The van der Waals surface area contributed by atoms with Gasteiger partial charge in [-0.3, -0.25) is 4.98 Å². The Morgan fingerprint density at radius 3 is 2.77 bits per heavy atom. The zero-order valence-corrected chi connectivity index (χ0v) is 14.6. The molecule has 3 aromatic rings. The molecule has 0 aliphatic carbocycles. The normalized spacial score (nSPS) is 18.3. The molecule has 0 spiro atoms. The van der Waals surface area contributed by atoms with Crippen LogP contribution in [0.2, 0.25) is 0 Å². The Hall–Kier alpha value is -2.58. The van der Waals surface area contributed by atoms with Crippen molar-refractivity contribution in [2.24, 2.45) is 0 Å². The molecule has 0 radical (unpaired) electrons. The molecule has 8 heteroatoms. The van der Waals surface area contributed by atoms with Crippen LogP contribution < -0.4 is 4.74 Å². The summed E-state index contributed by atoms with van der Waals surface area (Å²) in [5.41, 5.74) is 0.450. The number of fused-ring (bicyclic) bond motifs is 1. The van der Waals surface area contributed by atoms with E-state index in [4.69, 9.17) is 4.74 Å². The molecule has 0 saturated carbocycles. The van der Waals surface area contributed by atoms with Gasteiger partial charge in [0.15, 0.2) is 0 Å². The SMILES string of the molecule is O=S(=O)(c1cccc2cccnc12)N1CCC(Oc2cccc(F)n2)C1. The summed E-state index contributed by atoms with van der Waals surface area (Å²) in [5.74, 6) is -0.479. The Balaban J connectivity index is 1.57. The summed E-state index contributed by atoms with van der Waals surface area (Å²) in [5, 5.41) is 0.768. The van der Waals surface area contributed by atoms with Crippen LogP contribution in [-0.2, 0) is 10.0 Å². The Morgan fingerprint density at radius 1 is 1.12 bits per heavy atom. The highest BCUT2D eigenvalue weighted by atomic mass is 32.2. The fourth-order valence-electron chi connectivity index (χ4n) is 3.06. The van der Waals surface area contributed by atoms with E-state index < -0.39 is 16.0 Å². The molecule has 26 heavy (non-hydrogen) atoms. The van der Waals surface area contributed by atoms with Crippen molar-refractivity contribution in [3.05, 3.63) is 60.7 Å². The van der Waals surface area contributed by atoms with Gasteiger partial charge in [0.25, 0.3) is 0 Å². The van der Waals surface area contributed by atoms with Crippen LogP contribution in [0.1, 0.15) is 6.42 Å². The zero-order valence-electron chi connectivity index (χ0n) is 13.7. The van der Waals surface area contributed by atoms with Crippen molar-refractivity contribution < 1.29 is 17.5 Å². The van der Waals surface area contributed by atoms with Gasteiger partial charge in [-0.15, -0.1) is 0 Å². The maximum Gasteiger partial charge on any atom is 0.245 e. The highest BCUT2D eigenvalue weighted by molar-refractivity contribution is 7.89. The van der Waals surface area contributed by atoms with Crippen LogP contribution in [0, 0.1) is 5.95 Å². The maximum atomic E-state index is 13.2. The molecule has 0 bridgehead atoms. The van der Waals surface area contributed by atoms with Crippen LogP contribution in [0.15, 0.2) is 59.6 Å². The second-order valence-corrected chi connectivity index (χ2v) is 7.93. The number of benzene rings is 1. The lowest BCUT2D eigenvalue weighted by molar-refractivity contribution is 0.204. The molecular formula is C18H16FN3O3S. The van der Waals surface area contributed by atoms with Gasteiger partial charge in [-0.1, -0.05) is 24.3 Å². The minimum absolute atomic E-state index is 0.154. The number of hydrogen-bond acceptors (Lipinski definition) is 5. The number of rotatable bonds is 4. The number of ether oxygens (including phenoxy) is 1. The first-order chi connectivity index (χ1) is 12.5. The van der Waals surface area contributed by atoms with E-state index >= 15 is 0 Å². The third-order valence-electron chi connectivity index (χ3n) is 4.30. The predicted octanol–water partition coefficient (Wildman–Crippen LogP) is 2.61. The van der Waals surface area contributed by atoms with Gasteiger partial charge in [-0.25, -0.2) is 8.42 Å². The van der Waals surface area contributed by atoms with Crippen LogP contribution in [0.4, 0.5) is 4.39 Å². The highest BCUT2D eigenvalue weighted by Gasteiger charge is 2.35. The highest BCUT2D eigenvalue weighted by Crippen LogP contribution is 2.27. The van der Waals surface area contributed by atoms with Crippen LogP contribution in [0.25, 0.3) is 10.9 Å². The summed E-state index contributed by atoms with van der Waals surface area (Å²) in [4.78, 5) is 8.06. The summed E-state index contributed by atoms with van der Waals surface area (Å²) in [6, 6.07) is 13.0. The van der Waals surface area contributed by atoms with Crippen LogP contribution >= 0.6 is 0 Å². The van der Waals surface area contributed by atoms with Crippen LogP contribution in [0.3, 0.4) is 0 Å². The monoisotopic (exact) mass is 373 g/mol. The lowest BCUT2D eigenvalue weighted by Gasteiger charge is -2.18. The topological polar surface area (TPSA) is 72.4 Å². The van der Waals surface area contributed by atoms with Crippen LogP contribution in [-0.4, -0.2) is 41.9 Å². The fourth-order valence-corrected chi connectivity index (χ4v) is 4.71. The second kappa shape index (κ2) is 6.62. The Bertz CT molecular complexity index is 1050. The van der Waals surface area contributed by atoms with E-state index in [1.807, 2.05) is 12.1 Å². The van der Waals surface area contributed by atoms with Gasteiger partial charge in [0.2, 0.25) is 21.9 Å². The first-order valence-corrected chi connectivity index (χ1v) is 9.61. The smallest absolute Gasteiger partial charge is 0.245 e. The summed E-state index contributed by atoms with van der Waals surface area (Å²) < 4.78 is 46.3. The molecule has 6 nitrogen and oxygen atoms in total. The molecule has 1 aliphatic rings. The summed E-state index contributed by atoms with van der Waals surface area (Å²) in [6.07, 6.45) is 1.71. The van der Waals surface area contributed by atoms with E-state index in [0.29, 0.717) is 18.5 Å². The van der Waals surface area contributed by atoms with Crippen molar-refractivity contribution >= 4 is 20.9 Å². The summed E-state index contributed by atoms with van der Waals surface area (Å²) in [7, 11) is -3.70. The van der Waals surface area contributed by atoms with Gasteiger partial charge >= 0.3 is 0 Å². The van der Waals surface area contributed by atoms with Gasteiger partial charge in [0.1, 0.15) is 11.0 Å². The lowest BCUT2D eigenvalue weighted by Crippen LogP contribution is -2.31. The molecule has 0 N–H and O–H groups in total. The summed E-state index contributed by atoms with van der Waals surface area (Å²) >= 11 is 0. The third kappa shape index (κ3) is 3.13. The number of halogens is 1. The zero-order chi connectivity index (χ0) is 18.1. The molecule has 4 rings (SSSR count). The standard InChI is InChI=1S/C18H16FN3O3S/c19-16-7-2-8-17(21-16)25-14-9-11-22(12-14)26(23,24)15-6-1-4-13-5-3-10-20-18(13)15/h1-8,10,14H,9,11-12H2. The number of para-hydroxylation sites is 1. The van der Waals surface area contributed by atoms with Crippen molar-refractivity contribution in [3.63, 3.8) is 0 Å². The van der Waals surface area contributed by atoms with Crippen LogP contribution in [0.5, 0.6) is 5.88 Å². The number of pyridine rings is 2. The number of hydrogen-bond donors (Lipinski definition) is 0. The molecule has 0 amide bonds. The van der Waals surface area contributed by atoms with Gasteiger partial charge in [0, 0.05) is 24.2 Å². The molecule has 1 fully saturated rings. The molecule has 2 aromatic heterocycles. The van der Waals surface area contributed by atoms with E-state index in [0.717, 1.165) is 5.39 Å². The molecule has 1 aliphatic heterocycles. The number of aromatic nitrogens is 2. The lowest BCUT2D eigenvalue weighted by atomic mass is 10.2. The minimum atomic E-state index is -3.70. The average molecular weight is 373 g/mol. The van der Waals surface area contributed by atoms with E-state index in [9.17, 15) is 12.8 Å². The van der Waals surface area contributed by atoms with E-state index in [1.54, 1.807) is 30.5 Å². The van der Waals surface area contributed by atoms with Crippen molar-refractivity contribution in [3.8, 4) is 5.88 Å². The Morgan fingerprint density at radius 2 is 1.92 bits per heavy atom. The molecule has 1 saturated heterocycles. The van der Waals surface area contributed by atoms with Gasteiger partial charge < -0.3 is 4.74 Å². The van der Waals surface area contributed by atoms with Crippen molar-refractivity contribution in [2.75, 3.05) is 13.1 Å². The predicted molar refractivity (Wildman–Crippen MR) is 93.7 cm³/mol. The second-order valence-electron chi connectivity index (χ2n) is 6.02. The molecule has 1 atom stereocenters. The molecular weight excluding hydrogens is 357 g/mol. The molecule has 3 heterocycles. The number of nitrogens with zero attached hydrogens (tertiary/aromatic N) is 3. The Labute approximate surface area is 150 Å². The van der Waals surface area contributed by atoms with E-state index in [1.165, 1.54) is 16.4 Å². The quantitative estimate of drug-likeness (QED) is 0.658. The van der Waals surface area contributed by atoms with Gasteiger partial charge in [-0.05, 0) is 24.6 Å². The van der Waals surface area contributed by atoms with E-state index in [-0.39, 0.29) is 23.4 Å². The molecule has 134 valence electrons. The van der Waals surface area contributed by atoms with Crippen molar-refractivity contribution in [1.82, 2.24) is 14.3 Å². The van der Waals surface area contributed by atoms with Gasteiger partial charge in [-0.2, -0.15) is 13.7 Å². The minimum Gasteiger partial charge on any atom is -0.473 e. The number of sulfonamides is 1. The first-order valence-electron chi connectivity index (χ1n) is 8.17. The first kappa shape index (κ1) is 16.9.